The van der Waals surface area contributed by atoms with Gasteiger partial charge in [-0.25, -0.2) is 0 Å². The van der Waals surface area contributed by atoms with Crippen molar-refractivity contribution in [2.24, 2.45) is 11.7 Å². The van der Waals surface area contributed by atoms with Crippen molar-refractivity contribution in [1.82, 2.24) is 4.90 Å². The fourth-order valence-electron chi connectivity index (χ4n) is 3.02. The number of rotatable bonds is 8. The molecule has 0 aromatic carbocycles. The fraction of sp³-hybridized carbons (Fsp3) is 1.00. The minimum atomic E-state index is 0.752. The van der Waals surface area contributed by atoms with Gasteiger partial charge in [-0.3, -0.25) is 0 Å². The Morgan fingerprint density at radius 1 is 1.24 bits per heavy atom. The maximum Gasteiger partial charge on any atom is 0.0135 e. The second-order valence-electron chi connectivity index (χ2n) is 5.03. The van der Waals surface area contributed by atoms with Crippen LogP contribution in [-0.2, 0) is 0 Å². The SMILES string of the molecule is CCSCCCN(CC)C1CCCCC1CN. The zero-order valence-electron chi connectivity index (χ0n) is 11.7. The highest BCUT2D eigenvalue weighted by Crippen LogP contribution is 2.28. The molecule has 1 saturated carbocycles. The van der Waals surface area contributed by atoms with E-state index in [1.165, 1.54) is 56.7 Å². The first kappa shape index (κ1) is 15.3. The lowest BCUT2D eigenvalue weighted by Gasteiger charge is -2.39. The van der Waals surface area contributed by atoms with E-state index in [1.807, 2.05) is 0 Å². The van der Waals surface area contributed by atoms with Crippen LogP contribution in [-0.4, -0.2) is 42.1 Å². The van der Waals surface area contributed by atoms with E-state index in [9.17, 15) is 0 Å². The van der Waals surface area contributed by atoms with Crippen LogP contribution < -0.4 is 5.73 Å². The minimum Gasteiger partial charge on any atom is -0.330 e. The molecule has 2 nitrogen and oxygen atoms in total. The van der Waals surface area contributed by atoms with Gasteiger partial charge < -0.3 is 10.6 Å². The second kappa shape index (κ2) is 9.23. The minimum absolute atomic E-state index is 0.752. The molecule has 0 amide bonds. The van der Waals surface area contributed by atoms with E-state index in [0.717, 1.165) is 18.5 Å². The molecule has 0 aliphatic heterocycles. The van der Waals surface area contributed by atoms with Crippen molar-refractivity contribution in [2.75, 3.05) is 31.1 Å². The van der Waals surface area contributed by atoms with Crippen molar-refractivity contribution in [1.29, 1.82) is 0 Å². The topological polar surface area (TPSA) is 29.3 Å². The molecule has 0 aromatic rings. The average Bonchev–Trinajstić information content (AvgIpc) is 2.39. The highest BCUT2D eigenvalue weighted by Gasteiger charge is 2.27. The summed E-state index contributed by atoms with van der Waals surface area (Å²) in [6.45, 7) is 7.89. The van der Waals surface area contributed by atoms with Crippen LogP contribution in [0.5, 0.6) is 0 Å². The maximum atomic E-state index is 5.93. The van der Waals surface area contributed by atoms with E-state index < -0.39 is 0 Å². The summed E-state index contributed by atoms with van der Waals surface area (Å²) in [7, 11) is 0. The molecule has 2 unspecified atom stereocenters. The van der Waals surface area contributed by atoms with Crippen molar-refractivity contribution in [3.05, 3.63) is 0 Å². The molecule has 17 heavy (non-hydrogen) atoms. The number of hydrogen-bond donors (Lipinski definition) is 1. The molecule has 0 saturated heterocycles. The lowest BCUT2D eigenvalue weighted by atomic mass is 9.83. The molecule has 1 aliphatic carbocycles. The molecule has 1 fully saturated rings. The first-order valence-electron chi connectivity index (χ1n) is 7.35. The third-order valence-electron chi connectivity index (χ3n) is 3.99. The molecule has 102 valence electrons. The number of hydrogen-bond acceptors (Lipinski definition) is 3. The smallest absolute Gasteiger partial charge is 0.0135 e. The van der Waals surface area contributed by atoms with Gasteiger partial charge in [0, 0.05) is 6.04 Å². The van der Waals surface area contributed by atoms with Crippen molar-refractivity contribution >= 4 is 11.8 Å². The molecule has 0 heterocycles. The van der Waals surface area contributed by atoms with E-state index in [4.69, 9.17) is 5.73 Å². The van der Waals surface area contributed by atoms with Gasteiger partial charge in [0.25, 0.3) is 0 Å². The summed E-state index contributed by atoms with van der Waals surface area (Å²) in [6.07, 6.45) is 6.85. The van der Waals surface area contributed by atoms with E-state index >= 15 is 0 Å². The highest BCUT2D eigenvalue weighted by molar-refractivity contribution is 7.99. The molecule has 0 bridgehead atoms. The van der Waals surface area contributed by atoms with Crippen LogP contribution in [0.2, 0.25) is 0 Å². The van der Waals surface area contributed by atoms with Gasteiger partial charge in [0.15, 0.2) is 0 Å². The second-order valence-corrected chi connectivity index (χ2v) is 6.42. The van der Waals surface area contributed by atoms with Gasteiger partial charge in [0.2, 0.25) is 0 Å². The van der Waals surface area contributed by atoms with Crippen LogP contribution in [0.25, 0.3) is 0 Å². The molecule has 0 radical (unpaired) electrons. The quantitative estimate of drug-likeness (QED) is 0.679. The molecule has 3 heteroatoms. The Kier molecular flexibility index (Phi) is 8.33. The number of nitrogens with zero attached hydrogens (tertiary/aromatic N) is 1. The van der Waals surface area contributed by atoms with Crippen LogP contribution >= 0.6 is 11.8 Å². The molecule has 0 spiro atoms. The predicted molar refractivity (Wildman–Crippen MR) is 79.7 cm³/mol. The predicted octanol–water partition coefficient (Wildman–Crippen LogP) is 2.97. The molecule has 2 atom stereocenters. The van der Waals surface area contributed by atoms with E-state index in [0.29, 0.717) is 0 Å². The monoisotopic (exact) mass is 258 g/mol. The Morgan fingerprint density at radius 2 is 2.00 bits per heavy atom. The van der Waals surface area contributed by atoms with Gasteiger partial charge in [0.1, 0.15) is 0 Å². The zero-order valence-corrected chi connectivity index (χ0v) is 12.5. The fourth-order valence-corrected chi connectivity index (χ4v) is 3.64. The van der Waals surface area contributed by atoms with Gasteiger partial charge in [-0.1, -0.05) is 26.7 Å². The van der Waals surface area contributed by atoms with Crippen molar-refractivity contribution in [2.45, 2.75) is 52.0 Å². The molecular weight excluding hydrogens is 228 g/mol. The lowest BCUT2D eigenvalue weighted by Crippen LogP contribution is -2.45. The summed E-state index contributed by atoms with van der Waals surface area (Å²) in [5.74, 6) is 3.32. The average molecular weight is 258 g/mol. The van der Waals surface area contributed by atoms with Gasteiger partial charge in [0.05, 0.1) is 0 Å². The third kappa shape index (κ3) is 5.19. The molecule has 2 N–H and O–H groups in total. The summed E-state index contributed by atoms with van der Waals surface area (Å²) < 4.78 is 0. The van der Waals surface area contributed by atoms with E-state index in [1.54, 1.807) is 0 Å². The van der Waals surface area contributed by atoms with Crippen LogP contribution in [0.15, 0.2) is 0 Å². The maximum absolute atomic E-state index is 5.93. The summed E-state index contributed by atoms with van der Waals surface area (Å²) in [6, 6.07) is 0.769. The van der Waals surface area contributed by atoms with Crippen LogP contribution in [0.4, 0.5) is 0 Å². The Bertz CT molecular complexity index is 187. The molecular formula is C14H30N2S. The first-order valence-corrected chi connectivity index (χ1v) is 8.50. The van der Waals surface area contributed by atoms with Crippen LogP contribution in [0.3, 0.4) is 0 Å². The standard InChI is InChI=1S/C14H30N2S/c1-3-16(10-7-11-17-4-2)14-9-6-5-8-13(14)12-15/h13-14H,3-12,15H2,1-2H3. The molecule has 1 aliphatic rings. The summed E-state index contributed by atoms with van der Waals surface area (Å²) in [4.78, 5) is 2.69. The Hall–Kier alpha value is 0.270. The molecule has 1 rings (SSSR count). The van der Waals surface area contributed by atoms with Crippen molar-refractivity contribution in [3.8, 4) is 0 Å². The van der Waals surface area contributed by atoms with Gasteiger partial charge in [-0.15, -0.1) is 0 Å². The third-order valence-corrected chi connectivity index (χ3v) is 4.97. The highest BCUT2D eigenvalue weighted by atomic mass is 32.2. The number of nitrogens with two attached hydrogens (primary N) is 1. The van der Waals surface area contributed by atoms with Crippen molar-refractivity contribution < 1.29 is 0 Å². The van der Waals surface area contributed by atoms with Gasteiger partial charge in [-0.05, 0) is 56.3 Å². The normalized spacial score (nSPS) is 25.4. The van der Waals surface area contributed by atoms with Crippen LogP contribution in [0, 0.1) is 5.92 Å². The number of thioether (sulfide) groups is 1. The Labute approximate surface area is 112 Å². The van der Waals surface area contributed by atoms with Gasteiger partial charge in [-0.2, -0.15) is 11.8 Å². The summed E-state index contributed by atoms with van der Waals surface area (Å²) in [5.41, 5.74) is 5.93. The molecule has 0 aromatic heterocycles. The van der Waals surface area contributed by atoms with E-state index in [2.05, 4.69) is 30.5 Å². The van der Waals surface area contributed by atoms with Crippen LogP contribution in [0.1, 0.15) is 46.0 Å². The lowest BCUT2D eigenvalue weighted by molar-refractivity contribution is 0.113. The largest absolute Gasteiger partial charge is 0.330 e. The van der Waals surface area contributed by atoms with Gasteiger partial charge >= 0.3 is 0 Å². The Morgan fingerprint density at radius 3 is 2.65 bits per heavy atom. The zero-order chi connectivity index (χ0) is 12.5. The summed E-state index contributed by atoms with van der Waals surface area (Å²) in [5, 5.41) is 0. The Balaban J connectivity index is 2.35. The van der Waals surface area contributed by atoms with Crippen molar-refractivity contribution in [3.63, 3.8) is 0 Å². The van der Waals surface area contributed by atoms with E-state index in [-0.39, 0.29) is 0 Å². The first-order chi connectivity index (χ1) is 8.33. The summed E-state index contributed by atoms with van der Waals surface area (Å²) >= 11 is 2.06.